The van der Waals surface area contributed by atoms with Gasteiger partial charge in [-0.25, -0.2) is 8.78 Å². The van der Waals surface area contributed by atoms with Gasteiger partial charge in [-0.05, 0) is 30.2 Å². The van der Waals surface area contributed by atoms with E-state index in [2.05, 4.69) is 10.3 Å². The molecule has 0 spiro atoms. The van der Waals surface area contributed by atoms with Gasteiger partial charge in [-0.3, -0.25) is 19.5 Å². The van der Waals surface area contributed by atoms with E-state index < -0.39 is 29.4 Å². The lowest BCUT2D eigenvalue weighted by atomic mass is 9.88. The lowest BCUT2D eigenvalue weighted by Gasteiger charge is -2.35. The molecule has 8 heteroatoms. The topological polar surface area (TPSA) is 82.5 Å². The third-order valence-corrected chi connectivity index (χ3v) is 4.87. The number of benzene rings is 1. The van der Waals surface area contributed by atoms with Crippen molar-refractivity contribution in [3.8, 4) is 0 Å². The first-order valence-electron chi connectivity index (χ1n) is 8.98. The van der Waals surface area contributed by atoms with Gasteiger partial charge in [0.05, 0.1) is 11.8 Å². The summed E-state index contributed by atoms with van der Waals surface area (Å²) < 4.78 is 27.1. The van der Waals surface area contributed by atoms with Crippen LogP contribution in [0.4, 0.5) is 8.78 Å². The van der Waals surface area contributed by atoms with E-state index in [4.69, 9.17) is 0 Å². The van der Waals surface area contributed by atoms with Gasteiger partial charge in [0.25, 0.3) is 0 Å². The number of carbonyl (C=O) groups is 2. The summed E-state index contributed by atoms with van der Waals surface area (Å²) in [4.78, 5) is 29.7. The minimum absolute atomic E-state index is 0.115. The fraction of sp³-hybridized carbons (Fsp3) is 0.350. The largest absolute Gasteiger partial charge is 0.481 e. The Kier molecular flexibility index (Phi) is 6.30. The summed E-state index contributed by atoms with van der Waals surface area (Å²) >= 11 is 0. The van der Waals surface area contributed by atoms with Crippen LogP contribution >= 0.6 is 0 Å². The van der Waals surface area contributed by atoms with E-state index in [-0.39, 0.29) is 31.0 Å². The first kappa shape index (κ1) is 19.9. The van der Waals surface area contributed by atoms with Gasteiger partial charge in [-0.1, -0.05) is 6.07 Å². The Morgan fingerprint density at radius 2 is 1.86 bits per heavy atom. The smallest absolute Gasteiger partial charge is 0.307 e. The normalized spacial score (nSPS) is 19.9. The molecule has 1 aromatic heterocycles. The lowest BCUT2D eigenvalue weighted by molar-refractivity contribution is -0.145. The Hall–Kier alpha value is -2.87. The number of carboxylic acid groups (broad SMARTS) is 1. The quantitative estimate of drug-likeness (QED) is 0.792. The molecule has 1 aliphatic heterocycles. The van der Waals surface area contributed by atoms with E-state index >= 15 is 0 Å². The van der Waals surface area contributed by atoms with E-state index in [1.165, 1.54) is 6.07 Å². The van der Waals surface area contributed by atoms with Crippen LogP contribution in [0.3, 0.4) is 0 Å². The molecule has 0 unspecified atom stereocenters. The number of piperidine rings is 1. The predicted molar refractivity (Wildman–Crippen MR) is 97.0 cm³/mol. The number of hydrogen-bond donors (Lipinski definition) is 2. The Morgan fingerprint density at radius 1 is 1.14 bits per heavy atom. The molecule has 0 radical (unpaired) electrons. The average Bonchev–Trinajstić information content (AvgIpc) is 2.69. The number of aromatic nitrogens is 1. The van der Waals surface area contributed by atoms with Crippen LogP contribution in [0.5, 0.6) is 0 Å². The number of halogens is 2. The maximum Gasteiger partial charge on any atom is 0.307 e. The number of aliphatic carboxylic acids is 1. The van der Waals surface area contributed by atoms with Gasteiger partial charge in [0.1, 0.15) is 11.6 Å². The summed E-state index contributed by atoms with van der Waals surface area (Å²) in [5.74, 6) is -3.84. The van der Waals surface area contributed by atoms with E-state index in [9.17, 15) is 23.5 Å². The number of rotatable bonds is 6. The second-order valence-corrected chi connectivity index (χ2v) is 6.97. The van der Waals surface area contributed by atoms with Crippen molar-refractivity contribution in [2.24, 2.45) is 11.8 Å². The first-order valence-corrected chi connectivity index (χ1v) is 8.98. The van der Waals surface area contributed by atoms with Gasteiger partial charge in [-0.15, -0.1) is 0 Å². The number of nitrogens with one attached hydrogen (secondary N) is 1. The summed E-state index contributed by atoms with van der Waals surface area (Å²) in [6.07, 6.45) is 3.48. The predicted octanol–water partition coefficient (Wildman–Crippen LogP) is 2.20. The molecular weight excluding hydrogens is 368 g/mol. The van der Waals surface area contributed by atoms with Crippen LogP contribution in [0.1, 0.15) is 17.5 Å². The molecule has 6 nitrogen and oxygen atoms in total. The number of nitrogens with zero attached hydrogens (tertiary/aromatic N) is 2. The van der Waals surface area contributed by atoms with E-state index in [0.29, 0.717) is 13.1 Å². The summed E-state index contributed by atoms with van der Waals surface area (Å²) in [6, 6.07) is 6.87. The molecule has 2 aromatic rings. The number of carboxylic acids is 1. The average molecular weight is 389 g/mol. The fourth-order valence-corrected chi connectivity index (χ4v) is 3.41. The zero-order chi connectivity index (χ0) is 20.1. The molecule has 0 saturated carbocycles. The van der Waals surface area contributed by atoms with Crippen LogP contribution in [-0.4, -0.2) is 40.0 Å². The van der Waals surface area contributed by atoms with E-state index in [1.807, 2.05) is 0 Å². The SMILES string of the molecule is O=C(O)[C@H]1C[C@@H](C(=O)NCc2ccncc2)CN(Cc2ccc(F)cc2F)C1. The van der Waals surface area contributed by atoms with Crippen LogP contribution in [0.2, 0.25) is 0 Å². The molecular formula is C20H21F2N3O3. The molecule has 148 valence electrons. The Labute approximate surface area is 161 Å². The van der Waals surface area contributed by atoms with Crippen LogP contribution in [0.15, 0.2) is 42.7 Å². The van der Waals surface area contributed by atoms with Crippen molar-refractivity contribution in [3.63, 3.8) is 0 Å². The van der Waals surface area contributed by atoms with Gasteiger partial charge in [0, 0.05) is 50.2 Å². The van der Waals surface area contributed by atoms with Gasteiger partial charge < -0.3 is 10.4 Å². The minimum Gasteiger partial charge on any atom is -0.481 e. The molecule has 28 heavy (non-hydrogen) atoms. The summed E-state index contributed by atoms with van der Waals surface area (Å²) in [5, 5.41) is 12.3. The van der Waals surface area contributed by atoms with Gasteiger partial charge in [-0.2, -0.15) is 0 Å². The van der Waals surface area contributed by atoms with Crippen molar-refractivity contribution < 1.29 is 23.5 Å². The van der Waals surface area contributed by atoms with Gasteiger partial charge in [0.2, 0.25) is 5.91 Å². The maximum absolute atomic E-state index is 14.0. The van der Waals surface area contributed by atoms with Gasteiger partial charge >= 0.3 is 5.97 Å². The number of amides is 1. The van der Waals surface area contributed by atoms with Crippen LogP contribution < -0.4 is 5.32 Å². The molecule has 3 rings (SSSR count). The maximum atomic E-state index is 14.0. The molecule has 2 atom stereocenters. The molecule has 1 aromatic carbocycles. The van der Waals surface area contributed by atoms with Crippen molar-refractivity contribution in [3.05, 3.63) is 65.5 Å². The second kappa shape index (κ2) is 8.88. The monoisotopic (exact) mass is 389 g/mol. The van der Waals surface area contributed by atoms with Crippen LogP contribution in [-0.2, 0) is 22.7 Å². The Bertz CT molecular complexity index is 848. The number of hydrogen-bond acceptors (Lipinski definition) is 4. The molecule has 0 bridgehead atoms. The Morgan fingerprint density at radius 3 is 2.54 bits per heavy atom. The third kappa shape index (κ3) is 5.10. The molecule has 1 fully saturated rings. The fourth-order valence-electron chi connectivity index (χ4n) is 3.41. The summed E-state index contributed by atoms with van der Waals surface area (Å²) in [6.45, 7) is 0.954. The zero-order valence-electron chi connectivity index (χ0n) is 15.1. The van der Waals surface area contributed by atoms with E-state index in [1.54, 1.807) is 29.4 Å². The lowest BCUT2D eigenvalue weighted by Crippen LogP contribution is -2.47. The summed E-state index contributed by atoms with van der Waals surface area (Å²) in [5.41, 5.74) is 1.16. The highest BCUT2D eigenvalue weighted by atomic mass is 19.1. The zero-order valence-corrected chi connectivity index (χ0v) is 15.1. The molecule has 2 N–H and O–H groups in total. The Balaban J connectivity index is 1.67. The van der Waals surface area contributed by atoms with Crippen LogP contribution in [0, 0.1) is 23.5 Å². The number of pyridine rings is 1. The number of carbonyl (C=O) groups excluding carboxylic acids is 1. The molecule has 1 amide bonds. The van der Waals surface area contributed by atoms with Crippen molar-refractivity contribution >= 4 is 11.9 Å². The van der Waals surface area contributed by atoms with Crippen LogP contribution in [0.25, 0.3) is 0 Å². The number of likely N-dealkylation sites (tertiary alicyclic amines) is 1. The van der Waals surface area contributed by atoms with Gasteiger partial charge in [0.15, 0.2) is 0 Å². The highest BCUT2D eigenvalue weighted by molar-refractivity contribution is 5.80. The van der Waals surface area contributed by atoms with Crippen molar-refractivity contribution in [1.29, 1.82) is 0 Å². The van der Waals surface area contributed by atoms with E-state index in [0.717, 1.165) is 17.7 Å². The highest BCUT2D eigenvalue weighted by Crippen LogP contribution is 2.25. The molecule has 1 aliphatic rings. The highest BCUT2D eigenvalue weighted by Gasteiger charge is 2.35. The molecule has 0 aliphatic carbocycles. The molecule has 1 saturated heterocycles. The third-order valence-electron chi connectivity index (χ3n) is 4.87. The first-order chi connectivity index (χ1) is 13.4. The van der Waals surface area contributed by atoms with Crippen molar-refractivity contribution in [1.82, 2.24) is 15.2 Å². The minimum atomic E-state index is -0.990. The van der Waals surface area contributed by atoms with Crippen molar-refractivity contribution in [2.45, 2.75) is 19.5 Å². The van der Waals surface area contributed by atoms with Crippen molar-refractivity contribution in [2.75, 3.05) is 13.1 Å². The summed E-state index contributed by atoms with van der Waals surface area (Å²) in [7, 11) is 0. The second-order valence-electron chi connectivity index (χ2n) is 6.97. The molecule has 2 heterocycles. The standard InChI is InChI=1S/C20H21F2N3O3/c21-17-2-1-14(18(22)8-17)10-25-11-15(7-16(12-25)20(27)28)19(26)24-9-13-3-5-23-6-4-13/h1-6,8,15-16H,7,9-12H2,(H,24,26)(H,27,28)/t15-,16+/m1/s1.